The Morgan fingerprint density at radius 3 is 2.59 bits per heavy atom. The monoisotopic (exact) mass is 391 g/mol. The Hall–Kier alpha value is -1.23. The molecule has 2 aliphatic carbocycles. The van der Waals surface area contributed by atoms with Crippen molar-refractivity contribution in [3.63, 3.8) is 0 Å². The second-order valence-electron chi connectivity index (χ2n) is 8.02. The molecule has 1 aliphatic heterocycles. The molecule has 10 heteroatoms. The Bertz CT molecular complexity index is 673. The standard InChI is InChI=1S/C17H24F3N3O4/c1-26-13-4-12(25)15(8-24)27-14(13)3-11-7-23(22-21-11)16(17(18,19)20)5-9-2-10(9)6-16/h7,9-10,12-15,24-25H,2-6,8H2,1H3. The molecular formula is C17H24F3N3O4. The molecule has 1 aromatic heterocycles. The molecule has 7 nitrogen and oxygen atoms in total. The van der Waals surface area contributed by atoms with Crippen LogP contribution in [0.2, 0.25) is 0 Å². The quantitative estimate of drug-likeness (QED) is 0.780. The molecule has 27 heavy (non-hydrogen) atoms. The van der Waals surface area contributed by atoms with Gasteiger partial charge in [-0.3, -0.25) is 0 Å². The number of fused-ring (bicyclic) bond motifs is 1. The molecule has 0 radical (unpaired) electrons. The molecule has 4 rings (SSSR count). The highest BCUT2D eigenvalue weighted by molar-refractivity contribution is 5.11. The van der Waals surface area contributed by atoms with Crippen LogP contribution in [0, 0.1) is 11.8 Å². The summed E-state index contributed by atoms with van der Waals surface area (Å²) in [6, 6.07) is 0. The van der Waals surface area contributed by atoms with Crippen molar-refractivity contribution in [2.24, 2.45) is 11.8 Å². The number of rotatable bonds is 5. The highest BCUT2D eigenvalue weighted by Crippen LogP contribution is 2.63. The van der Waals surface area contributed by atoms with E-state index in [1.54, 1.807) is 0 Å². The molecule has 3 fully saturated rings. The van der Waals surface area contributed by atoms with Gasteiger partial charge in [-0.15, -0.1) is 5.10 Å². The van der Waals surface area contributed by atoms with E-state index in [-0.39, 0.29) is 44.1 Å². The van der Waals surface area contributed by atoms with Gasteiger partial charge in [-0.05, 0) is 31.1 Å². The summed E-state index contributed by atoms with van der Waals surface area (Å²) in [6.45, 7) is -0.346. The van der Waals surface area contributed by atoms with E-state index in [1.165, 1.54) is 13.3 Å². The van der Waals surface area contributed by atoms with Crippen molar-refractivity contribution in [3.8, 4) is 0 Å². The van der Waals surface area contributed by atoms with Crippen LogP contribution in [0.1, 0.15) is 31.4 Å². The second-order valence-corrected chi connectivity index (χ2v) is 8.02. The Balaban J connectivity index is 1.52. The van der Waals surface area contributed by atoms with E-state index in [4.69, 9.17) is 9.47 Å². The molecule has 0 bridgehead atoms. The number of ether oxygens (including phenoxy) is 2. The SMILES string of the molecule is COC1CC(O)C(CO)OC1Cc1cn(C2(C(F)(F)F)CC3CC3C2)nn1. The normalized spacial score (nSPS) is 41.6. The summed E-state index contributed by atoms with van der Waals surface area (Å²) in [4.78, 5) is 0. The number of nitrogens with zero attached hydrogens (tertiary/aromatic N) is 3. The number of halogens is 3. The Morgan fingerprint density at radius 2 is 2.00 bits per heavy atom. The molecule has 1 saturated heterocycles. The van der Waals surface area contributed by atoms with Crippen LogP contribution in [-0.4, -0.2) is 69.5 Å². The third-order valence-corrected chi connectivity index (χ3v) is 6.34. The average Bonchev–Trinajstić information content (AvgIpc) is 3.03. The lowest BCUT2D eigenvalue weighted by molar-refractivity contribution is -0.220. The molecule has 3 aliphatic rings. The molecule has 152 valence electrons. The Labute approximate surface area is 154 Å². The molecular weight excluding hydrogens is 367 g/mol. The number of methoxy groups -OCH3 is 1. The van der Waals surface area contributed by atoms with E-state index in [9.17, 15) is 23.4 Å². The zero-order valence-corrected chi connectivity index (χ0v) is 15.0. The van der Waals surface area contributed by atoms with Gasteiger partial charge in [-0.25, -0.2) is 4.68 Å². The van der Waals surface area contributed by atoms with Crippen LogP contribution in [0.3, 0.4) is 0 Å². The van der Waals surface area contributed by atoms with Crippen LogP contribution in [0.25, 0.3) is 0 Å². The second kappa shape index (κ2) is 6.68. The fraction of sp³-hybridized carbons (Fsp3) is 0.882. The number of alkyl halides is 3. The Kier molecular flexibility index (Phi) is 4.73. The lowest BCUT2D eigenvalue weighted by Gasteiger charge is -2.38. The van der Waals surface area contributed by atoms with E-state index < -0.39 is 36.1 Å². The molecule has 0 aromatic carbocycles. The smallest absolute Gasteiger partial charge is 0.394 e. The van der Waals surface area contributed by atoms with Gasteiger partial charge in [0.05, 0.1) is 30.6 Å². The van der Waals surface area contributed by atoms with Crippen LogP contribution in [0.4, 0.5) is 13.2 Å². The van der Waals surface area contributed by atoms with Crippen molar-refractivity contribution in [3.05, 3.63) is 11.9 Å². The van der Waals surface area contributed by atoms with Crippen molar-refractivity contribution in [1.29, 1.82) is 0 Å². The summed E-state index contributed by atoms with van der Waals surface area (Å²) in [5.41, 5.74) is -1.59. The fourth-order valence-electron chi connectivity index (χ4n) is 4.65. The number of aliphatic hydroxyl groups excluding tert-OH is 2. The first-order chi connectivity index (χ1) is 12.8. The van der Waals surface area contributed by atoms with E-state index in [0.29, 0.717) is 5.69 Å². The van der Waals surface area contributed by atoms with Crippen molar-refractivity contribution in [1.82, 2.24) is 15.0 Å². The minimum Gasteiger partial charge on any atom is -0.394 e. The summed E-state index contributed by atoms with van der Waals surface area (Å²) in [5.74, 6) is 0.260. The van der Waals surface area contributed by atoms with Crippen LogP contribution in [0.15, 0.2) is 6.20 Å². The number of aliphatic hydroxyl groups is 2. The predicted molar refractivity (Wildman–Crippen MR) is 85.8 cm³/mol. The summed E-state index contributed by atoms with van der Waals surface area (Å²) in [5, 5.41) is 27.0. The van der Waals surface area contributed by atoms with Gasteiger partial charge in [0.2, 0.25) is 0 Å². The molecule has 1 aromatic rings. The van der Waals surface area contributed by atoms with Crippen molar-refractivity contribution in [2.75, 3.05) is 13.7 Å². The molecule has 2 heterocycles. The molecule has 0 amide bonds. The minimum absolute atomic E-state index is 0.0589. The third-order valence-electron chi connectivity index (χ3n) is 6.34. The van der Waals surface area contributed by atoms with Gasteiger partial charge in [0.25, 0.3) is 0 Å². The first-order valence-electron chi connectivity index (χ1n) is 9.23. The van der Waals surface area contributed by atoms with Gasteiger partial charge in [-0.2, -0.15) is 13.2 Å². The summed E-state index contributed by atoms with van der Waals surface area (Å²) < 4.78 is 53.5. The fourth-order valence-corrected chi connectivity index (χ4v) is 4.65. The van der Waals surface area contributed by atoms with Crippen LogP contribution in [-0.2, 0) is 21.4 Å². The number of hydrogen-bond donors (Lipinski definition) is 2. The van der Waals surface area contributed by atoms with Gasteiger partial charge in [0.15, 0.2) is 5.54 Å². The van der Waals surface area contributed by atoms with Crippen molar-refractivity contribution in [2.45, 2.75) is 68.2 Å². The summed E-state index contributed by atoms with van der Waals surface area (Å²) in [6.07, 6.45) is -4.14. The number of aromatic nitrogens is 3. The first-order valence-corrected chi connectivity index (χ1v) is 9.23. The third kappa shape index (κ3) is 3.26. The maximum Gasteiger partial charge on any atom is 0.413 e. The molecule has 0 spiro atoms. The maximum absolute atomic E-state index is 13.8. The molecule has 2 N–H and O–H groups in total. The summed E-state index contributed by atoms with van der Waals surface area (Å²) in [7, 11) is 1.48. The minimum atomic E-state index is -4.38. The molecule has 6 unspecified atom stereocenters. The van der Waals surface area contributed by atoms with Gasteiger partial charge >= 0.3 is 6.18 Å². The molecule has 2 saturated carbocycles. The maximum atomic E-state index is 13.8. The van der Waals surface area contributed by atoms with Crippen molar-refractivity contribution < 1.29 is 32.9 Å². The van der Waals surface area contributed by atoms with Crippen LogP contribution < -0.4 is 0 Å². The van der Waals surface area contributed by atoms with Crippen molar-refractivity contribution >= 4 is 0 Å². The van der Waals surface area contributed by atoms with Gasteiger partial charge < -0.3 is 19.7 Å². The van der Waals surface area contributed by atoms with Gasteiger partial charge in [0, 0.05) is 26.1 Å². The van der Waals surface area contributed by atoms with Crippen LogP contribution >= 0.6 is 0 Å². The first kappa shape index (κ1) is 19.1. The largest absolute Gasteiger partial charge is 0.413 e. The zero-order chi connectivity index (χ0) is 19.4. The Morgan fingerprint density at radius 1 is 1.30 bits per heavy atom. The van der Waals surface area contributed by atoms with E-state index in [0.717, 1.165) is 11.1 Å². The van der Waals surface area contributed by atoms with Crippen LogP contribution in [0.5, 0.6) is 0 Å². The molecule has 6 atom stereocenters. The highest BCUT2D eigenvalue weighted by atomic mass is 19.4. The topological polar surface area (TPSA) is 89.6 Å². The lowest BCUT2D eigenvalue weighted by atomic mass is 9.92. The highest BCUT2D eigenvalue weighted by Gasteiger charge is 2.67. The average molecular weight is 391 g/mol. The van der Waals surface area contributed by atoms with Gasteiger partial charge in [-0.1, -0.05) is 5.21 Å². The van der Waals surface area contributed by atoms with Gasteiger partial charge in [0.1, 0.15) is 6.10 Å². The predicted octanol–water partition coefficient (Wildman–Crippen LogP) is 1.03. The zero-order valence-electron chi connectivity index (χ0n) is 15.0. The lowest BCUT2D eigenvalue weighted by Crippen LogP contribution is -2.50. The van der Waals surface area contributed by atoms with E-state index >= 15 is 0 Å². The van der Waals surface area contributed by atoms with E-state index in [1.807, 2.05) is 0 Å². The van der Waals surface area contributed by atoms with E-state index in [2.05, 4.69) is 10.3 Å². The summed E-state index contributed by atoms with van der Waals surface area (Å²) >= 11 is 0. The number of hydrogen-bond acceptors (Lipinski definition) is 6.